The molecule has 2 rings (SSSR count). The fourth-order valence-corrected chi connectivity index (χ4v) is 2.59. The minimum absolute atomic E-state index is 0.0992. The van der Waals surface area contributed by atoms with Gasteiger partial charge in [0.15, 0.2) is 17.8 Å². The van der Waals surface area contributed by atoms with Crippen LogP contribution in [0.1, 0.15) is 18.5 Å². The predicted molar refractivity (Wildman–Crippen MR) is 79.0 cm³/mol. The van der Waals surface area contributed by atoms with E-state index in [1.54, 1.807) is 12.1 Å². The quantitative estimate of drug-likeness (QED) is 0.808. The summed E-state index contributed by atoms with van der Waals surface area (Å²) in [5, 5.41) is 10.1. The van der Waals surface area contributed by atoms with E-state index in [0.717, 1.165) is 5.56 Å². The molecule has 6 nitrogen and oxygen atoms in total. The van der Waals surface area contributed by atoms with Crippen molar-refractivity contribution in [3.63, 3.8) is 0 Å². The average Bonchev–Trinajstić information content (AvgIpc) is 2.77. The Hall–Kier alpha value is -2.18. The van der Waals surface area contributed by atoms with Crippen LogP contribution in [0, 0.1) is 0 Å². The Labute approximate surface area is 128 Å². The number of benzene rings is 1. The third kappa shape index (κ3) is 2.88. The average molecular weight is 305 g/mol. The van der Waals surface area contributed by atoms with Crippen molar-refractivity contribution in [1.82, 2.24) is 4.90 Å². The number of ketones is 1. The van der Waals surface area contributed by atoms with Crippen LogP contribution in [-0.4, -0.2) is 48.8 Å². The predicted octanol–water partition coefficient (Wildman–Crippen LogP) is 1.59. The first kappa shape index (κ1) is 16.2. The Kier molecular flexibility index (Phi) is 4.95. The topological polar surface area (TPSA) is 76.1 Å². The van der Waals surface area contributed by atoms with Crippen molar-refractivity contribution in [2.75, 3.05) is 20.8 Å². The Morgan fingerprint density at radius 1 is 1.27 bits per heavy atom. The van der Waals surface area contributed by atoms with Gasteiger partial charge in [0.25, 0.3) is 5.91 Å². The van der Waals surface area contributed by atoms with Crippen LogP contribution in [0.4, 0.5) is 0 Å². The Morgan fingerprint density at radius 3 is 2.36 bits per heavy atom. The maximum atomic E-state index is 12.3. The number of carbonyl (C=O) groups is 2. The summed E-state index contributed by atoms with van der Waals surface area (Å²) >= 11 is 0. The number of carbonyl (C=O) groups excluding carboxylic acids is 2. The molecule has 1 aliphatic heterocycles. The standard InChI is InChI=1S/C16H19NO5/c1-10(18)13-14(11-7-5-4-6-8-11)17(16(20)15(13)19)9-12(21-2)22-3/h4-8,12,14,19H,9H2,1-3H3/t14-/m0/s1. The van der Waals surface area contributed by atoms with Crippen LogP contribution in [0.2, 0.25) is 0 Å². The van der Waals surface area contributed by atoms with Crippen LogP contribution in [0.15, 0.2) is 41.7 Å². The zero-order valence-electron chi connectivity index (χ0n) is 12.8. The van der Waals surface area contributed by atoms with E-state index in [4.69, 9.17) is 9.47 Å². The van der Waals surface area contributed by atoms with Gasteiger partial charge in [-0.25, -0.2) is 0 Å². The van der Waals surface area contributed by atoms with Gasteiger partial charge in [0.2, 0.25) is 0 Å². The molecule has 1 aliphatic rings. The largest absolute Gasteiger partial charge is 0.503 e. The van der Waals surface area contributed by atoms with Crippen LogP contribution in [0.5, 0.6) is 0 Å². The first-order valence-electron chi connectivity index (χ1n) is 6.86. The SMILES string of the molecule is COC(CN1C(=O)C(O)=C(C(C)=O)[C@@H]1c1ccccc1)OC. The van der Waals surface area contributed by atoms with E-state index in [1.165, 1.54) is 26.0 Å². The second-order valence-corrected chi connectivity index (χ2v) is 4.99. The molecule has 0 aromatic heterocycles. The lowest BCUT2D eigenvalue weighted by Crippen LogP contribution is -2.38. The molecule has 118 valence electrons. The van der Waals surface area contributed by atoms with Crippen LogP contribution in [0.25, 0.3) is 0 Å². The molecule has 1 atom stereocenters. The van der Waals surface area contributed by atoms with E-state index in [9.17, 15) is 14.7 Å². The highest BCUT2D eigenvalue weighted by Gasteiger charge is 2.43. The summed E-state index contributed by atoms with van der Waals surface area (Å²) in [4.78, 5) is 25.6. The van der Waals surface area contributed by atoms with Gasteiger partial charge in [-0.05, 0) is 12.5 Å². The number of Topliss-reactive ketones (excluding diaryl/α,β-unsaturated/α-hetero) is 1. The van der Waals surface area contributed by atoms with Gasteiger partial charge in [0, 0.05) is 14.2 Å². The molecule has 0 unspecified atom stereocenters. The molecule has 0 radical (unpaired) electrons. The number of aliphatic hydroxyl groups is 1. The maximum Gasteiger partial charge on any atom is 0.290 e. The molecule has 1 heterocycles. The summed E-state index contributed by atoms with van der Waals surface area (Å²) in [6.45, 7) is 1.44. The van der Waals surface area contributed by atoms with Crippen LogP contribution < -0.4 is 0 Å². The summed E-state index contributed by atoms with van der Waals surface area (Å²) in [6, 6.07) is 8.44. The zero-order chi connectivity index (χ0) is 16.3. The van der Waals surface area contributed by atoms with Crippen molar-refractivity contribution >= 4 is 11.7 Å². The monoisotopic (exact) mass is 305 g/mol. The first-order chi connectivity index (χ1) is 10.5. The highest BCUT2D eigenvalue weighted by Crippen LogP contribution is 2.37. The van der Waals surface area contributed by atoms with Crippen molar-refractivity contribution in [1.29, 1.82) is 0 Å². The molecule has 0 saturated heterocycles. The second kappa shape index (κ2) is 6.72. The molecular formula is C16H19NO5. The molecule has 1 amide bonds. The summed E-state index contributed by atoms with van der Waals surface area (Å²) < 4.78 is 10.2. The number of amides is 1. The van der Waals surface area contributed by atoms with E-state index in [1.807, 2.05) is 18.2 Å². The first-order valence-corrected chi connectivity index (χ1v) is 6.86. The van der Waals surface area contributed by atoms with Gasteiger partial charge in [0.1, 0.15) is 0 Å². The van der Waals surface area contributed by atoms with Crippen LogP contribution >= 0.6 is 0 Å². The van der Waals surface area contributed by atoms with Crippen molar-refractivity contribution < 1.29 is 24.2 Å². The zero-order valence-corrected chi connectivity index (χ0v) is 12.8. The highest BCUT2D eigenvalue weighted by atomic mass is 16.7. The smallest absolute Gasteiger partial charge is 0.290 e. The van der Waals surface area contributed by atoms with Crippen molar-refractivity contribution in [3.8, 4) is 0 Å². The number of nitrogens with zero attached hydrogens (tertiary/aromatic N) is 1. The Morgan fingerprint density at radius 2 is 1.86 bits per heavy atom. The van der Waals surface area contributed by atoms with Gasteiger partial charge in [-0.2, -0.15) is 0 Å². The number of rotatable bonds is 6. The summed E-state index contributed by atoms with van der Waals surface area (Å²) in [5.74, 6) is -1.45. The molecule has 0 saturated carbocycles. The van der Waals surface area contributed by atoms with E-state index in [0.29, 0.717) is 0 Å². The molecule has 0 spiro atoms. The normalized spacial score (nSPS) is 18.5. The lowest BCUT2D eigenvalue weighted by Gasteiger charge is -2.29. The van der Waals surface area contributed by atoms with E-state index >= 15 is 0 Å². The Bertz CT molecular complexity index is 592. The van der Waals surface area contributed by atoms with Gasteiger partial charge < -0.3 is 19.5 Å². The highest BCUT2D eigenvalue weighted by molar-refractivity contribution is 6.08. The molecule has 0 bridgehead atoms. The van der Waals surface area contributed by atoms with Crippen LogP contribution in [0.3, 0.4) is 0 Å². The fraction of sp³-hybridized carbons (Fsp3) is 0.375. The number of hydrogen-bond donors (Lipinski definition) is 1. The van der Waals surface area contributed by atoms with Crippen molar-refractivity contribution in [2.24, 2.45) is 0 Å². The molecule has 1 aromatic rings. The van der Waals surface area contributed by atoms with E-state index in [-0.39, 0.29) is 17.9 Å². The van der Waals surface area contributed by atoms with Gasteiger partial charge in [-0.15, -0.1) is 0 Å². The fourth-order valence-electron chi connectivity index (χ4n) is 2.59. The lowest BCUT2D eigenvalue weighted by molar-refractivity contribution is -0.144. The lowest BCUT2D eigenvalue weighted by atomic mass is 9.97. The third-order valence-electron chi connectivity index (χ3n) is 3.67. The van der Waals surface area contributed by atoms with Gasteiger partial charge in [-0.1, -0.05) is 30.3 Å². The molecule has 1 aromatic carbocycles. The number of methoxy groups -OCH3 is 2. The Balaban J connectivity index is 2.44. The van der Waals surface area contributed by atoms with E-state index in [2.05, 4.69) is 0 Å². The molecule has 0 fully saturated rings. The van der Waals surface area contributed by atoms with Gasteiger partial charge in [0.05, 0.1) is 18.2 Å². The minimum Gasteiger partial charge on any atom is -0.503 e. The molecule has 6 heteroatoms. The second-order valence-electron chi connectivity index (χ2n) is 4.99. The molecule has 22 heavy (non-hydrogen) atoms. The van der Waals surface area contributed by atoms with Crippen molar-refractivity contribution in [2.45, 2.75) is 19.3 Å². The number of aliphatic hydroxyl groups excluding tert-OH is 1. The maximum absolute atomic E-state index is 12.3. The van der Waals surface area contributed by atoms with E-state index < -0.39 is 24.0 Å². The van der Waals surface area contributed by atoms with Gasteiger partial charge >= 0.3 is 0 Å². The number of ether oxygens (including phenoxy) is 2. The summed E-state index contributed by atoms with van der Waals surface area (Å²) in [7, 11) is 2.93. The van der Waals surface area contributed by atoms with Crippen molar-refractivity contribution in [3.05, 3.63) is 47.2 Å². The summed E-state index contributed by atoms with van der Waals surface area (Å²) in [5.41, 5.74) is 0.846. The summed E-state index contributed by atoms with van der Waals surface area (Å²) in [6.07, 6.45) is -0.644. The molecular weight excluding hydrogens is 286 g/mol. The molecule has 0 aliphatic carbocycles. The molecule has 1 N–H and O–H groups in total. The minimum atomic E-state index is -0.644. The van der Waals surface area contributed by atoms with Crippen LogP contribution in [-0.2, 0) is 19.1 Å². The van der Waals surface area contributed by atoms with Gasteiger partial charge in [-0.3, -0.25) is 9.59 Å². The number of hydrogen-bond acceptors (Lipinski definition) is 5. The third-order valence-corrected chi connectivity index (χ3v) is 3.67.